The van der Waals surface area contributed by atoms with Crippen molar-refractivity contribution >= 4 is 17.2 Å². The van der Waals surface area contributed by atoms with Crippen molar-refractivity contribution in [1.82, 2.24) is 25.5 Å². The average molecular weight is 341 g/mol. The summed E-state index contributed by atoms with van der Waals surface area (Å²) in [7, 11) is 0. The summed E-state index contributed by atoms with van der Waals surface area (Å²) < 4.78 is 0. The predicted molar refractivity (Wildman–Crippen MR) is 93.3 cm³/mol. The van der Waals surface area contributed by atoms with Gasteiger partial charge in [-0.2, -0.15) is 4.80 Å². The molecule has 2 aromatic heterocycles. The van der Waals surface area contributed by atoms with Crippen LogP contribution in [0.25, 0.3) is 11.4 Å². The van der Waals surface area contributed by atoms with E-state index in [1.807, 2.05) is 47.8 Å². The summed E-state index contributed by atoms with van der Waals surface area (Å²) in [6.45, 7) is 4.23. The van der Waals surface area contributed by atoms with Gasteiger partial charge in [-0.3, -0.25) is 4.79 Å². The smallest absolute Gasteiger partial charge is 0.244 e. The number of benzene rings is 1. The molecule has 1 aromatic carbocycles. The van der Waals surface area contributed by atoms with Crippen molar-refractivity contribution in [2.45, 2.75) is 26.4 Å². The van der Waals surface area contributed by atoms with Gasteiger partial charge in [0, 0.05) is 10.4 Å². The lowest BCUT2D eigenvalue weighted by Crippen LogP contribution is -2.34. The summed E-state index contributed by atoms with van der Waals surface area (Å²) in [4.78, 5) is 14.8. The van der Waals surface area contributed by atoms with Gasteiger partial charge >= 0.3 is 0 Å². The zero-order valence-electron chi connectivity index (χ0n) is 13.6. The van der Waals surface area contributed by atoms with E-state index in [2.05, 4.69) is 34.6 Å². The highest BCUT2D eigenvalue weighted by atomic mass is 32.1. The number of carbonyl (C=O) groups is 1. The van der Waals surface area contributed by atoms with Gasteiger partial charge in [0.15, 0.2) is 0 Å². The molecule has 1 N–H and O–H groups in total. The highest BCUT2D eigenvalue weighted by Crippen LogP contribution is 2.25. The highest BCUT2D eigenvalue weighted by molar-refractivity contribution is 7.10. The number of thiophene rings is 1. The average Bonchev–Trinajstić information content (AvgIpc) is 3.25. The minimum absolute atomic E-state index is 0.00499. The third kappa shape index (κ3) is 3.86. The fourth-order valence-electron chi connectivity index (χ4n) is 2.40. The van der Waals surface area contributed by atoms with Gasteiger partial charge in [0.25, 0.3) is 0 Å². The molecule has 3 aromatic rings. The van der Waals surface area contributed by atoms with E-state index in [1.54, 1.807) is 11.3 Å². The Balaban J connectivity index is 1.66. The molecule has 0 fully saturated rings. The first-order valence-corrected chi connectivity index (χ1v) is 8.67. The molecule has 1 atom stereocenters. The van der Waals surface area contributed by atoms with Crippen LogP contribution >= 0.6 is 11.3 Å². The third-order valence-corrected chi connectivity index (χ3v) is 4.56. The van der Waals surface area contributed by atoms with E-state index in [4.69, 9.17) is 0 Å². The van der Waals surface area contributed by atoms with E-state index in [-0.39, 0.29) is 18.5 Å². The van der Waals surface area contributed by atoms with Crippen LogP contribution in [0.5, 0.6) is 0 Å². The zero-order chi connectivity index (χ0) is 16.9. The molecule has 2 heterocycles. The fourth-order valence-corrected chi connectivity index (χ4v) is 3.34. The van der Waals surface area contributed by atoms with Crippen LogP contribution in [0.3, 0.4) is 0 Å². The summed E-state index contributed by atoms with van der Waals surface area (Å²) in [5.41, 5.74) is 0.878. The van der Waals surface area contributed by atoms with Crippen molar-refractivity contribution < 1.29 is 4.79 Å². The lowest BCUT2D eigenvalue weighted by Gasteiger charge is -2.21. The Kier molecular flexibility index (Phi) is 5.00. The van der Waals surface area contributed by atoms with Crippen LogP contribution in [0.2, 0.25) is 0 Å². The van der Waals surface area contributed by atoms with Gasteiger partial charge in [0.1, 0.15) is 6.54 Å². The van der Waals surface area contributed by atoms with E-state index in [9.17, 15) is 4.79 Å². The molecule has 0 aliphatic carbocycles. The molecule has 1 amide bonds. The van der Waals surface area contributed by atoms with Crippen LogP contribution in [-0.2, 0) is 11.3 Å². The van der Waals surface area contributed by atoms with Crippen molar-refractivity contribution in [1.29, 1.82) is 0 Å². The van der Waals surface area contributed by atoms with Crippen LogP contribution in [0.15, 0.2) is 47.8 Å². The van der Waals surface area contributed by atoms with Gasteiger partial charge in [-0.25, -0.2) is 0 Å². The Hall–Kier alpha value is -2.54. The van der Waals surface area contributed by atoms with Crippen LogP contribution in [0, 0.1) is 5.92 Å². The first-order valence-electron chi connectivity index (χ1n) is 7.79. The van der Waals surface area contributed by atoms with Crippen LogP contribution in [-0.4, -0.2) is 26.1 Å². The van der Waals surface area contributed by atoms with Crippen molar-refractivity contribution in [2.75, 3.05) is 0 Å². The van der Waals surface area contributed by atoms with Crippen molar-refractivity contribution in [3.8, 4) is 11.4 Å². The number of hydrogen-bond donors (Lipinski definition) is 1. The standard InChI is InChI=1S/C17H19N5OS/c1-12(2)16(14-9-6-10-24-14)18-15(23)11-22-20-17(19-21-22)13-7-4-3-5-8-13/h3-10,12,16H,11H2,1-2H3,(H,18,23)/t16-/m1/s1. The largest absolute Gasteiger partial charge is 0.347 e. The molecule has 0 aliphatic heterocycles. The molecule has 0 saturated heterocycles. The maximum Gasteiger partial charge on any atom is 0.244 e. The Morgan fingerprint density at radius 1 is 1.21 bits per heavy atom. The maximum atomic E-state index is 12.3. The summed E-state index contributed by atoms with van der Waals surface area (Å²) in [6, 6.07) is 13.6. The van der Waals surface area contributed by atoms with Gasteiger partial charge in [0.2, 0.25) is 11.7 Å². The molecule has 7 heteroatoms. The van der Waals surface area contributed by atoms with E-state index >= 15 is 0 Å². The summed E-state index contributed by atoms with van der Waals surface area (Å²) in [5, 5.41) is 17.3. The number of amides is 1. The van der Waals surface area contributed by atoms with E-state index in [1.165, 1.54) is 4.80 Å². The Morgan fingerprint density at radius 2 is 2.00 bits per heavy atom. The molecule has 24 heavy (non-hydrogen) atoms. The summed E-state index contributed by atoms with van der Waals surface area (Å²) >= 11 is 1.64. The molecule has 6 nitrogen and oxygen atoms in total. The first kappa shape index (κ1) is 16.3. The van der Waals surface area contributed by atoms with E-state index in [0.717, 1.165) is 10.4 Å². The van der Waals surface area contributed by atoms with E-state index < -0.39 is 0 Å². The minimum Gasteiger partial charge on any atom is -0.347 e. The Morgan fingerprint density at radius 3 is 2.67 bits per heavy atom. The number of nitrogens with one attached hydrogen (secondary N) is 1. The summed E-state index contributed by atoms with van der Waals surface area (Å²) in [5.74, 6) is 0.692. The quantitative estimate of drug-likeness (QED) is 0.748. The summed E-state index contributed by atoms with van der Waals surface area (Å²) in [6.07, 6.45) is 0. The molecule has 0 aliphatic rings. The number of carbonyl (C=O) groups excluding carboxylic acids is 1. The van der Waals surface area contributed by atoms with Crippen molar-refractivity contribution in [3.05, 3.63) is 52.7 Å². The molecular weight excluding hydrogens is 322 g/mol. The Labute approximate surface area is 144 Å². The molecule has 0 radical (unpaired) electrons. The molecule has 0 spiro atoms. The Bertz CT molecular complexity index is 782. The number of rotatable bonds is 6. The normalized spacial score (nSPS) is 12.3. The van der Waals surface area contributed by atoms with Gasteiger partial charge in [-0.1, -0.05) is 50.2 Å². The van der Waals surface area contributed by atoms with Crippen LogP contribution in [0.1, 0.15) is 24.8 Å². The molecule has 0 saturated carbocycles. The maximum absolute atomic E-state index is 12.3. The monoisotopic (exact) mass is 341 g/mol. The zero-order valence-corrected chi connectivity index (χ0v) is 14.4. The van der Waals surface area contributed by atoms with Crippen molar-refractivity contribution in [3.63, 3.8) is 0 Å². The van der Waals surface area contributed by atoms with Crippen molar-refractivity contribution in [2.24, 2.45) is 5.92 Å². The lowest BCUT2D eigenvalue weighted by atomic mass is 10.0. The molecule has 0 bridgehead atoms. The SMILES string of the molecule is CC(C)[C@@H](NC(=O)Cn1nnc(-c2ccccc2)n1)c1cccs1. The molecule has 0 unspecified atom stereocenters. The molecular formula is C17H19N5OS. The number of tetrazole rings is 1. The fraction of sp³-hybridized carbons (Fsp3) is 0.294. The van der Waals surface area contributed by atoms with Gasteiger partial charge < -0.3 is 5.32 Å². The molecule has 124 valence electrons. The number of aromatic nitrogens is 4. The minimum atomic E-state index is -0.126. The van der Waals surface area contributed by atoms with E-state index in [0.29, 0.717) is 11.7 Å². The second-order valence-electron chi connectivity index (χ2n) is 5.81. The first-order chi connectivity index (χ1) is 11.6. The lowest BCUT2D eigenvalue weighted by molar-refractivity contribution is -0.123. The highest BCUT2D eigenvalue weighted by Gasteiger charge is 2.20. The second-order valence-corrected chi connectivity index (χ2v) is 6.79. The predicted octanol–water partition coefficient (Wildman–Crippen LogP) is 2.92. The van der Waals surface area contributed by atoms with Gasteiger partial charge in [-0.15, -0.1) is 21.5 Å². The van der Waals surface area contributed by atoms with Gasteiger partial charge in [-0.05, 0) is 22.6 Å². The van der Waals surface area contributed by atoms with Crippen LogP contribution in [0.4, 0.5) is 0 Å². The number of hydrogen-bond acceptors (Lipinski definition) is 5. The third-order valence-electron chi connectivity index (χ3n) is 3.60. The molecule has 3 rings (SSSR count). The number of nitrogens with zero attached hydrogens (tertiary/aromatic N) is 4. The van der Waals surface area contributed by atoms with Crippen LogP contribution < -0.4 is 5.32 Å². The van der Waals surface area contributed by atoms with Gasteiger partial charge in [0.05, 0.1) is 6.04 Å². The second kappa shape index (κ2) is 7.35. The topological polar surface area (TPSA) is 72.7 Å².